The van der Waals surface area contributed by atoms with E-state index in [0.717, 1.165) is 28.0 Å². The molecule has 19 heavy (non-hydrogen) atoms. The molecule has 0 saturated carbocycles. The van der Waals surface area contributed by atoms with Crippen LogP contribution in [0.5, 0.6) is 11.5 Å². The zero-order valence-electron chi connectivity index (χ0n) is 11.8. The maximum Gasteiger partial charge on any atom is 0.161 e. The Hall–Kier alpha value is -1.36. The van der Waals surface area contributed by atoms with Gasteiger partial charge >= 0.3 is 0 Å². The summed E-state index contributed by atoms with van der Waals surface area (Å²) in [6.45, 7) is 5.00. The van der Waals surface area contributed by atoms with Crippen LogP contribution in [-0.4, -0.2) is 30.7 Å². The van der Waals surface area contributed by atoms with Crippen molar-refractivity contribution in [2.24, 2.45) is 4.99 Å². The molecule has 1 aliphatic rings. The lowest BCUT2D eigenvalue weighted by Crippen LogP contribution is -2.36. The quantitative estimate of drug-likeness (QED) is 0.921. The van der Waals surface area contributed by atoms with Crippen molar-refractivity contribution in [3.63, 3.8) is 0 Å². The highest BCUT2D eigenvalue weighted by Crippen LogP contribution is 2.28. The molecule has 2 rings (SSSR count). The number of nitrogens with zero attached hydrogens (tertiary/aromatic N) is 1. The van der Waals surface area contributed by atoms with E-state index in [1.165, 1.54) is 0 Å². The average molecular weight is 280 g/mol. The summed E-state index contributed by atoms with van der Waals surface area (Å²) in [5, 5.41) is 4.42. The smallest absolute Gasteiger partial charge is 0.161 e. The summed E-state index contributed by atoms with van der Waals surface area (Å²) in [5.74, 6) is 2.54. The lowest BCUT2D eigenvalue weighted by molar-refractivity contribution is 0.354. The number of rotatable bonds is 4. The summed E-state index contributed by atoms with van der Waals surface area (Å²) in [6.07, 6.45) is 0. The van der Waals surface area contributed by atoms with Crippen LogP contribution >= 0.6 is 11.8 Å². The van der Waals surface area contributed by atoms with Gasteiger partial charge in [0.05, 0.1) is 20.8 Å². The maximum absolute atomic E-state index is 5.29. The van der Waals surface area contributed by atoms with Crippen LogP contribution in [0.4, 0.5) is 0 Å². The van der Waals surface area contributed by atoms with E-state index < -0.39 is 0 Å². The molecule has 0 unspecified atom stereocenters. The van der Waals surface area contributed by atoms with Crippen molar-refractivity contribution in [3.8, 4) is 11.5 Å². The predicted molar refractivity (Wildman–Crippen MR) is 80.4 cm³/mol. The number of nitrogens with one attached hydrogen (secondary N) is 1. The Kier molecular flexibility index (Phi) is 4.24. The van der Waals surface area contributed by atoms with Gasteiger partial charge in [-0.2, -0.15) is 0 Å². The van der Waals surface area contributed by atoms with E-state index in [4.69, 9.17) is 9.47 Å². The maximum atomic E-state index is 5.29. The third kappa shape index (κ3) is 3.56. The number of thioether (sulfide) groups is 1. The normalized spacial score (nSPS) is 19.3. The van der Waals surface area contributed by atoms with Crippen LogP contribution < -0.4 is 14.8 Å². The predicted octanol–water partition coefficient (Wildman–Crippen LogP) is 2.67. The molecule has 1 fully saturated rings. The van der Waals surface area contributed by atoms with Crippen molar-refractivity contribution in [2.75, 3.05) is 20.0 Å². The van der Waals surface area contributed by atoms with Crippen LogP contribution in [0.25, 0.3) is 0 Å². The Labute approximate surface area is 118 Å². The topological polar surface area (TPSA) is 42.8 Å². The fraction of sp³-hybridized carbons (Fsp3) is 0.500. The molecule has 104 valence electrons. The first kappa shape index (κ1) is 14.1. The molecule has 0 amide bonds. The minimum Gasteiger partial charge on any atom is -0.493 e. The highest BCUT2D eigenvalue weighted by atomic mass is 32.2. The number of ether oxygens (including phenoxy) is 2. The minimum atomic E-state index is 0.140. The van der Waals surface area contributed by atoms with Crippen LogP contribution in [0.3, 0.4) is 0 Å². The number of aliphatic imine (C=N–C) groups is 1. The molecule has 0 atom stereocenters. The Morgan fingerprint density at radius 2 is 2.00 bits per heavy atom. The number of methoxy groups -OCH3 is 2. The number of hydrogen-bond acceptors (Lipinski definition) is 4. The van der Waals surface area contributed by atoms with Gasteiger partial charge in [-0.05, 0) is 31.5 Å². The Morgan fingerprint density at radius 3 is 2.58 bits per heavy atom. The molecule has 5 heteroatoms. The van der Waals surface area contributed by atoms with E-state index in [1.54, 1.807) is 26.0 Å². The molecular weight excluding hydrogens is 260 g/mol. The summed E-state index contributed by atoms with van der Waals surface area (Å²) in [6, 6.07) is 5.89. The van der Waals surface area contributed by atoms with Crippen molar-refractivity contribution in [1.82, 2.24) is 5.32 Å². The van der Waals surface area contributed by atoms with Gasteiger partial charge in [0.25, 0.3) is 0 Å². The lowest BCUT2D eigenvalue weighted by Gasteiger charge is -2.15. The fourth-order valence-electron chi connectivity index (χ4n) is 1.84. The Morgan fingerprint density at radius 1 is 1.26 bits per heavy atom. The fourth-order valence-corrected chi connectivity index (χ4v) is 2.91. The van der Waals surface area contributed by atoms with E-state index in [-0.39, 0.29) is 5.54 Å². The molecule has 0 spiro atoms. The summed E-state index contributed by atoms with van der Waals surface area (Å²) in [4.78, 5) is 4.59. The molecule has 1 saturated heterocycles. The monoisotopic (exact) mass is 280 g/mol. The lowest BCUT2D eigenvalue weighted by atomic mass is 10.1. The third-order valence-electron chi connectivity index (χ3n) is 2.87. The van der Waals surface area contributed by atoms with E-state index in [0.29, 0.717) is 6.54 Å². The van der Waals surface area contributed by atoms with Gasteiger partial charge in [0.2, 0.25) is 0 Å². The van der Waals surface area contributed by atoms with Crippen molar-refractivity contribution >= 4 is 16.9 Å². The third-order valence-corrected chi connectivity index (χ3v) is 4.24. The van der Waals surface area contributed by atoms with Crippen LogP contribution in [0.2, 0.25) is 0 Å². The van der Waals surface area contributed by atoms with Gasteiger partial charge in [-0.25, -0.2) is 0 Å². The summed E-state index contributed by atoms with van der Waals surface area (Å²) in [7, 11) is 3.28. The standard InChI is InChI=1S/C14H20N2O2S/c1-14(2)9-19-13(16-14)15-8-10-5-6-11(17-3)12(7-10)18-4/h5-7H,8-9H2,1-4H3,(H,15,16). The zero-order chi connectivity index (χ0) is 13.9. The van der Waals surface area contributed by atoms with E-state index in [1.807, 2.05) is 18.2 Å². The molecule has 1 aromatic carbocycles. The molecule has 1 heterocycles. The molecule has 0 bridgehead atoms. The van der Waals surface area contributed by atoms with Crippen molar-refractivity contribution < 1.29 is 9.47 Å². The first-order valence-electron chi connectivity index (χ1n) is 6.20. The van der Waals surface area contributed by atoms with Gasteiger partial charge in [0, 0.05) is 11.3 Å². The summed E-state index contributed by atoms with van der Waals surface area (Å²) < 4.78 is 10.5. The van der Waals surface area contributed by atoms with Crippen molar-refractivity contribution in [3.05, 3.63) is 23.8 Å². The van der Waals surface area contributed by atoms with E-state index in [9.17, 15) is 0 Å². The van der Waals surface area contributed by atoms with Crippen LogP contribution in [0.1, 0.15) is 19.4 Å². The molecule has 1 aromatic rings. The van der Waals surface area contributed by atoms with Gasteiger partial charge in [-0.1, -0.05) is 17.8 Å². The molecule has 0 radical (unpaired) electrons. The molecule has 0 aliphatic carbocycles. The van der Waals surface area contributed by atoms with Gasteiger partial charge in [0.1, 0.15) is 0 Å². The summed E-state index contributed by atoms with van der Waals surface area (Å²) >= 11 is 1.77. The highest BCUT2D eigenvalue weighted by Gasteiger charge is 2.27. The Bertz CT molecular complexity index is 486. The second-order valence-electron chi connectivity index (χ2n) is 5.11. The Balaban J connectivity index is 2.06. The first-order chi connectivity index (χ1) is 9.04. The second-order valence-corrected chi connectivity index (χ2v) is 6.07. The molecule has 4 nitrogen and oxygen atoms in total. The van der Waals surface area contributed by atoms with Gasteiger partial charge in [-0.3, -0.25) is 4.99 Å². The molecule has 0 aromatic heterocycles. The van der Waals surface area contributed by atoms with E-state index >= 15 is 0 Å². The van der Waals surface area contributed by atoms with Crippen LogP contribution in [-0.2, 0) is 6.54 Å². The average Bonchev–Trinajstić information content (AvgIpc) is 2.75. The number of hydrogen-bond donors (Lipinski definition) is 1. The van der Waals surface area contributed by atoms with Crippen LogP contribution in [0, 0.1) is 0 Å². The zero-order valence-corrected chi connectivity index (χ0v) is 12.6. The molecule has 1 aliphatic heterocycles. The SMILES string of the molecule is COc1ccc(CN=C2NC(C)(C)CS2)cc1OC. The highest BCUT2D eigenvalue weighted by molar-refractivity contribution is 8.14. The number of amidine groups is 1. The molecule has 1 N–H and O–H groups in total. The van der Waals surface area contributed by atoms with Gasteiger partial charge in [-0.15, -0.1) is 0 Å². The van der Waals surface area contributed by atoms with Gasteiger partial charge < -0.3 is 14.8 Å². The first-order valence-corrected chi connectivity index (χ1v) is 7.19. The van der Waals surface area contributed by atoms with E-state index in [2.05, 4.69) is 24.2 Å². The minimum absolute atomic E-state index is 0.140. The van der Waals surface area contributed by atoms with Crippen LogP contribution in [0.15, 0.2) is 23.2 Å². The van der Waals surface area contributed by atoms with Gasteiger partial charge in [0.15, 0.2) is 16.7 Å². The summed E-state index contributed by atoms with van der Waals surface area (Å²) in [5.41, 5.74) is 1.25. The molecular formula is C14H20N2O2S. The second kappa shape index (κ2) is 5.74. The largest absolute Gasteiger partial charge is 0.493 e. The number of benzene rings is 1. The van der Waals surface area contributed by atoms with Crippen molar-refractivity contribution in [2.45, 2.75) is 25.9 Å². The van der Waals surface area contributed by atoms with Crippen molar-refractivity contribution in [1.29, 1.82) is 0 Å².